The first-order chi connectivity index (χ1) is 7.77. The topological polar surface area (TPSA) is 80.4 Å². The Morgan fingerprint density at radius 3 is 2.41 bits per heavy atom. The molecule has 0 heterocycles. The van der Waals surface area contributed by atoms with Crippen LogP contribution in [0.3, 0.4) is 0 Å². The number of rotatable bonds is 4. The quantitative estimate of drug-likeness (QED) is 0.774. The second kappa shape index (κ2) is 4.57. The van der Waals surface area contributed by atoms with E-state index in [-0.39, 0.29) is 6.42 Å². The average Bonchev–Trinajstić information content (AvgIpc) is 2.22. The van der Waals surface area contributed by atoms with Crippen molar-refractivity contribution in [1.82, 2.24) is 0 Å². The molecule has 4 heteroatoms. The third kappa shape index (κ3) is 2.64. The first kappa shape index (κ1) is 13.2. The van der Waals surface area contributed by atoms with Gasteiger partial charge in [-0.05, 0) is 38.3 Å². The molecule has 0 spiro atoms. The van der Waals surface area contributed by atoms with Gasteiger partial charge in [-0.2, -0.15) is 0 Å². The Labute approximate surface area is 100 Å². The number of carbonyl (C=O) groups excluding carboxylic acids is 1. The summed E-state index contributed by atoms with van der Waals surface area (Å²) >= 11 is 0. The van der Waals surface area contributed by atoms with Crippen molar-refractivity contribution in [2.45, 2.75) is 27.2 Å². The van der Waals surface area contributed by atoms with Gasteiger partial charge in [0.2, 0.25) is 5.91 Å². The zero-order valence-corrected chi connectivity index (χ0v) is 10.3. The van der Waals surface area contributed by atoms with Gasteiger partial charge in [0, 0.05) is 0 Å². The van der Waals surface area contributed by atoms with Crippen LogP contribution in [0.2, 0.25) is 0 Å². The zero-order chi connectivity index (χ0) is 13.2. The second-order valence-corrected chi connectivity index (χ2v) is 4.61. The van der Waals surface area contributed by atoms with Crippen LogP contribution in [0.15, 0.2) is 18.2 Å². The smallest absolute Gasteiger partial charge is 0.319 e. The summed E-state index contributed by atoms with van der Waals surface area (Å²) in [6.45, 7) is 5.17. The lowest BCUT2D eigenvalue weighted by Gasteiger charge is -2.22. The van der Waals surface area contributed by atoms with E-state index in [9.17, 15) is 9.59 Å². The second-order valence-electron chi connectivity index (χ2n) is 4.61. The Hall–Kier alpha value is -1.84. The summed E-state index contributed by atoms with van der Waals surface area (Å²) in [5.41, 5.74) is 6.47. The van der Waals surface area contributed by atoms with E-state index in [0.717, 1.165) is 16.7 Å². The van der Waals surface area contributed by atoms with Crippen LogP contribution in [0.4, 0.5) is 0 Å². The van der Waals surface area contributed by atoms with Crippen molar-refractivity contribution in [3.63, 3.8) is 0 Å². The highest BCUT2D eigenvalue weighted by molar-refractivity contribution is 6.00. The first-order valence-electron chi connectivity index (χ1n) is 5.37. The number of hydrogen-bond acceptors (Lipinski definition) is 2. The molecule has 1 aromatic rings. The molecule has 3 N–H and O–H groups in total. The number of nitrogens with two attached hydrogens (primary N) is 1. The highest BCUT2D eigenvalue weighted by Crippen LogP contribution is 2.25. The lowest BCUT2D eigenvalue weighted by atomic mass is 9.81. The SMILES string of the molecule is Cc1ccc(C)c(CC(C)(C(N)=O)C(=O)O)c1. The molecule has 0 saturated heterocycles. The van der Waals surface area contributed by atoms with Crippen molar-refractivity contribution in [2.24, 2.45) is 11.1 Å². The molecular formula is C13H17NO3. The largest absolute Gasteiger partial charge is 0.480 e. The Morgan fingerprint density at radius 2 is 1.94 bits per heavy atom. The molecule has 0 bridgehead atoms. The highest BCUT2D eigenvalue weighted by atomic mass is 16.4. The number of carboxylic acids is 1. The molecule has 0 aliphatic carbocycles. The van der Waals surface area contributed by atoms with Crippen LogP contribution in [0.1, 0.15) is 23.6 Å². The van der Waals surface area contributed by atoms with E-state index >= 15 is 0 Å². The molecule has 0 aliphatic heterocycles. The molecule has 4 nitrogen and oxygen atoms in total. The third-order valence-electron chi connectivity index (χ3n) is 3.06. The van der Waals surface area contributed by atoms with Crippen LogP contribution in [-0.4, -0.2) is 17.0 Å². The number of amides is 1. The van der Waals surface area contributed by atoms with E-state index in [1.165, 1.54) is 6.92 Å². The summed E-state index contributed by atoms with van der Waals surface area (Å²) in [6.07, 6.45) is 0.116. The van der Waals surface area contributed by atoms with Crippen LogP contribution >= 0.6 is 0 Å². The molecule has 1 amide bonds. The lowest BCUT2D eigenvalue weighted by Crippen LogP contribution is -2.43. The van der Waals surface area contributed by atoms with E-state index in [0.29, 0.717) is 0 Å². The molecule has 92 valence electrons. The average molecular weight is 235 g/mol. The van der Waals surface area contributed by atoms with Crippen molar-refractivity contribution in [3.8, 4) is 0 Å². The van der Waals surface area contributed by atoms with Crippen molar-refractivity contribution >= 4 is 11.9 Å². The van der Waals surface area contributed by atoms with E-state index in [2.05, 4.69) is 0 Å². The van der Waals surface area contributed by atoms with Gasteiger partial charge in [0.25, 0.3) is 0 Å². The highest BCUT2D eigenvalue weighted by Gasteiger charge is 2.40. The van der Waals surface area contributed by atoms with E-state index in [1.807, 2.05) is 32.0 Å². The van der Waals surface area contributed by atoms with Crippen LogP contribution in [-0.2, 0) is 16.0 Å². The maximum atomic E-state index is 11.3. The predicted molar refractivity (Wildman–Crippen MR) is 64.6 cm³/mol. The molecule has 0 radical (unpaired) electrons. The van der Waals surface area contributed by atoms with E-state index in [4.69, 9.17) is 10.8 Å². The zero-order valence-electron chi connectivity index (χ0n) is 10.3. The Kier molecular flexibility index (Phi) is 3.56. The standard InChI is InChI=1S/C13H17NO3/c1-8-4-5-9(2)10(6-8)7-13(3,11(14)15)12(16)17/h4-6H,7H2,1-3H3,(H2,14,15)(H,16,17). The van der Waals surface area contributed by atoms with Gasteiger partial charge in [-0.25, -0.2) is 0 Å². The van der Waals surface area contributed by atoms with E-state index in [1.54, 1.807) is 0 Å². The molecule has 1 unspecified atom stereocenters. The number of hydrogen-bond donors (Lipinski definition) is 2. The Morgan fingerprint density at radius 1 is 1.35 bits per heavy atom. The lowest BCUT2D eigenvalue weighted by molar-refractivity contribution is -0.153. The fourth-order valence-corrected chi connectivity index (χ4v) is 1.64. The van der Waals surface area contributed by atoms with Crippen molar-refractivity contribution < 1.29 is 14.7 Å². The van der Waals surface area contributed by atoms with E-state index < -0.39 is 17.3 Å². The first-order valence-corrected chi connectivity index (χ1v) is 5.37. The Balaban J connectivity index is 3.15. The molecule has 0 aliphatic rings. The predicted octanol–water partition coefficient (Wildman–Crippen LogP) is 1.42. The van der Waals surface area contributed by atoms with Crippen molar-refractivity contribution in [3.05, 3.63) is 34.9 Å². The number of aryl methyl sites for hydroxylation is 2. The Bertz CT molecular complexity index is 452. The number of benzene rings is 1. The fraction of sp³-hybridized carbons (Fsp3) is 0.385. The number of primary amides is 1. The van der Waals surface area contributed by atoms with Crippen LogP contribution in [0.25, 0.3) is 0 Å². The van der Waals surface area contributed by atoms with Crippen LogP contribution in [0, 0.1) is 19.3 Å². The summed E-state index contributed by atoms with van der Waals surface area (Å²) in [5.74, 6) is -2.00. The van der Waals surface area contributed by atoms with Gasteiger partial charge in [0.05, 0.1) is 0 Å². The van der Waals surface area contributed by atoms with Gasteiger partial charge in [0.15, 0.2) is 0 Å². The number of carboxylic acid groups (broad SMARTS) is 1. The molecular weight excluding hydrogens is 218 g/mol. The third-order valence-corrected chi connectivity index (χ3v) is 3.06. The molecule has 0 aromatic heterocycles. The van der Waals surface area contributed by atoms with Crippen LogP contribution < -0.4 is 5.73 Å². The maximum absolute atomic E-state index is 11.3. The molecule has 1 rings (SSSR count). The van der Waals surface area contributed by atoms with Gasteiger partial charge in [-0.1, -0.05) is 23.8 Å². The summed E-state index contributed by atoms with van der Waals surface area (Å²) in [4.78, 5) is 22.5. The minimum Gasteiger partial charge on any atom is -0.480 e. The minimum atomic E-state index is -1.56. The fourth-order valence-electron chi connectivity index (χ4n) is 1.64. The molecule has 1 aromatic carbocycles. The minimum absolute atomic E-state index is 0.116. The van der Waals surface area contributed by atoms with Gasteiger partial charge < -0.3 is 10.8 Å². The summed E-state index contributed by atoms with van der Waals surface area (Å²) in [5, 5.41) is 9.12. The summed E-state index contributed by atoms with van der Waals surface area (Å²) in [7, 11) is 0. The molecule has 0 saturated carbocycles. The summed E-state index contributed by atoms with van der Waals surface area (Å²) in [6, 6.07) is 5.74. The van der Waals surface area contributed by atoms with Gasteiger partial charge in [0.1, 0.15) is 5.41 Å². The maximum Gasteiger partial charge on any atom is 0.319 e. The van der Waals surface area contributed by atoms with Crippen molar-refractivity contribution in [1.29, 1.82) is 0 Å². The molecule has 17 heavy (non-hydrogen) atoms. The van der Waals surface area contributed by atoms with Gasteiger partial charge >= 0.3 is 5.97 Å². The van der Waals surface area contributed by atoms with Crippen LogP contribution in [0.5, 0.6) is 0 Å². The van der Waals surface area contributed by atoms with Crippen molar-refractivity contribution in [2.75, 3.05) is 0 Å². The van der Waals surface area contributed by atoms with Gasteiger partial charge in [-0.15, -0.1) is 0 Å². The normalized spacial score (nSPS) is 14.1. The van der Waals surface area contributed by atoms with Gasteiger partial charge in [-0.3, -0.25) is 9.59 Å². The molecule has 1 atom stereocenters. The number of aliphatic carboxylic acids is 1. The number of carbonyl (C=O) groups is 2. The molecule has 0 fully saturated rings. The summed E-state index contributed by atoms with van der Waals surface area (Å²) < 4.78 is 0. The monoisotopic (exact) mass is 235 g/mol.